The maximum atomic E-state index is 10.1. The summed E-state index contributed by atoms with van der Waals surface area (Å²) in [6.07, 6.45) is 7.13. The van der Waals surface area contributed by atoms with Crippen molar-refractivity contribution in [2.45, 2.75) is 25.1 Å². The topological polar surface area (TPSA) is 88.2 Å². The predicted molar refractivity (Wildman–Crippen MR) is 85.5 cm³/mol. The highest BCUT2D eigenvalue weighted by atomic mass is 16.5. The van der Waals surface area contributed by atoms with Gasteiger partial charge in [-0.3, -0.25) is 14.9 Å². The molecule has 3 aromatic rings. The summed E-state index contributed by atoms with van der Waals surface area (Å²) < 4.78 is 5.47. The van der Waals surface area contributed by atoms with Crippen LogP contribution in [-0.2, 0) is 6.54 Å². The van der Waals surface area contributed by atoms with E-state index in [1.54, 1.807) is 24.8 Å². The van der Waals surface area contributed by atoms with Crippen LogP contribution >= 0.6 is 0 Å². The molecular formula is C17H17N5O2. The van der Waals surface area contributed by atoms with Crippen molar-refractivity contribution >= 4 is 0 Å². The number of hydrogen-bond acceptors (Lipinski definition) is 7. The maximum Gasteiger partial charge on any atom is 0.244 e. The molecule has 0 unspecified atom stereocenters. The first-order valence-electron chi connectivity index (χ1n) is 7.84. The average Bonchev–Trinajstić information content (AvgIpc) is 3.23. The van der Waals surface area contributed by atoms with E-state index in [1.807, 2.05) is 24.3 Å². The normalized spacial score (nSPS) is 21.2. The van der Waals surface area contributed by atoms with Crippen LogP contribution < -0.4 is 0 Å². The maximum absolute atomic E-state index is 10.1. The standard InChI is InChI=1S/C17H17N5O2/c23-14-8-15(22(11-14)10-12-3-6-18-7-4-12)17-20-16(21-24-17)13-2-1-5-19-9-13/h1-7,9,14-15,23H,8,10-11H2/t14-,15+/m1/s1. The average molecular weight is 323 g/mol. The molecule has 24 heavy (non-hydrogen) atoms. The Morgan fingerprint density at radius 2 is 2.04 bits per heavy atom. The van der Waals surface area contributed by atoms with E-state index in [-0.39, 0.29) is 6.04 Å². The van der Waals surface area contributed by atoms with Gasteiger partial charge in [-0.2, -0.15) is 4.98 Å². The van der Waals surface area contributed by atoms with E-state index in [4.69, 9.17) is 4.52 Å². The van der Waals surface area contributed by atoms with Crippen LogP contribution in [-0.4, -0.2) is 42.8 Å². The van der Waals surface area contributed by atoms with Crippen molar-refractivity contribution in [2.24, 2.45) is 0 Å². The summed E-state index contributed by atoms with van der Waals surface area (Å²) in [5.41, 5.74) is 1.95. The van der Waals surface area contributed by atoms with Gasteiger partial charge in [0.15, 0.2) is 0 Å². The molecule has 7 heteroatoms. The third kappa shape index (κ3) is 3.04. The fourth-order valence-corrected chi connectivity index (χ4v) is 3.02. The van der Waals surface area contributed by atoms with Crippen molar-refractivity contribution < 1.29 is 9.63 Å². The van der Waals surface area contributed by atoms with E-state index in [0.29, 0.717) is 31.2 Å². The molecule has 4 rings (SSSR count). The lowest BCUT2D eigenvalue weighted by molar-refractivity contribution is 0.169. The molecule has 0 amide bonds. The van der Waals surface area contributed by atoms with Crippen LogP contribution in [0.1, 0.15) is 23.9 Å². The minimum atomic E-state index is -0.398. The molecule has 3 aromatic heterocycles. The van der Waals surface area contributed by atoms with Gasteiger partial charge in [0.2, 0.25) is 11.7 Å². The second-order valence-electron chi connectivity index (χ2n) is 5.89. The van der Waals surface area contributed by atoms with E-state index < -0.39 is 6.10 Å². The van der Waals surface area contributed by atoms with E-state index in [0.717, 1.165) is 11.1 Å². The number of nitrogens with zero attached hydrogens (tertiary/aromatic N) is 5. The second-order valence-corrected chi connectivity index (χ2v) is 5.89. The Kier molecular flexibility index (Phi) is 4.02. The first-order valence-corrected chi connectivity index (χ1v) is 7.84. The fraction of sp³-hybridized carbons (Fsp3) is 0.294. The Bertz CT molecular complexity index is 793. The van der Waals surface area contributed by atoms with Gasteiger partial charge in [0.1, 0.15) is 0 Å². The third-order valence-electron chi connectivity index (χ3n) is 4.16. The predicted octanol–water partition coefficient (Wildman–Crippen LogP) is 1.83. The summed E-state index contributed by atoms with van der Waals surface area (Å²) >= 11 is 0. The molecule has 2 atom stereocenters. The van der Waals surface area contributed by atoms with E-state index in [2.05, 4.69) is 25.0 Å². The monoisotopic (exact) mass is 323 g/mol. The Morgan fingerprint density at radius 3 is 2.83 bits per heavy atom. The number of aliphatic hydroxyl groups excluding tert-OH is 1. The van der Waals surface area contributed by atoms with Crippen molar-refractivity contribution in [3.05, 3.63) is 60.5 Å². The Hall–Kier alpha value is -2.64. The van der Waals surface area contributed by atoms with Crippen LogP contribution in [0.5, 0.6) is 0 Å². The highest BCUT2D eigenvalue weighted by Gasteiger charge is 2.35. The lowest BCUT2D eigenvalue weighted by Crippen LogP contribution is -2.24. The molecule has 7 nitrogen and oxygen atoms in total. The highest BCUT2D eigenvalue weighted by Crippen LogP contribution is 2.33. The van der Waals surface area contributed by atoms with Gasteiger partial charge in [-0.25, -0.2) is 0 Å². The minimum absolute atomic E-state index is 0.0916. The minimum Gasteiger partial charge on any atom is -0.392 e. The largest absolute Gasteiger partial charge is 0.392 e. The molecule has 0 aliphatic carbocycles. The first kappa shape index (κ1) is 14.9. The fourth-order valence-electron chi connectivity index (χ4n) is 3.02. The molecule has 0 saturated carbocycles. The van der Waals surface area contributed by atoms with Crippen LogP contribution in [0.25, 0.3) is 11.4 Å². The van der Waals surface area contributed by atoms with E-state index in [9.17, 15) is 5.11 Å². The zero-order chi connectivity index (χ0) is 16.4. The van der Waals surface area contributed by atoms with Gasteiger partial charge in [-0.1, -0.05) is 5.16 Å². The van der Waals surface area contributed by atoms with Crippen LogP contribution in [0.4, 0.5) is 0 Å². The third-order valence-corrected chi connectivity index (χ3v) is 4.16. The highest BCUT2D eigenvalue weighted by molar-refractivity contribution is 5.51. The van der Waals surface area contributed by atoms with Crippen LogP contribution in [0, 0.1) is 0 Å². The molecule has 1 aliphatic heterocycles. The smallest absolute Gasteiger partial charge is 0.244 e. The number of hydrogen-bond donors (Lipinski definition) is 1. The molecule has 122 valence electrons. The van der Waals surface area contributed by atoms with Crippen molar-refractivity contribution in [1.29, 1.82) is 0 Å². The van der Waals surface area contributed by atoms with Gasteiger partial charge >= 0.3 is 0 Å². The lowest BCUT2D eigenvalue weighted by atomic mass is 10.2. The van der Waals surface area contributed by atoms with Gasteiger partial charge in [0.05, 0.1) is 12.1 Å². The van der Waals surface area contributed by atoms with Gasteiger partial charge in [0.25, 0.3) is 0 Å². The van der Waals surface area contributed by atoms with Crippen molar-refractivity contribution in [3.8, 4) is 11.4 Å². The van der Waals surface area contributed by atoms with E-state index >= 15 is 0 Å². The Balaban J connectivity index is 1.57. The summed E-state index contributed by atoms with van der Waals surface area (Å²) in [6.45, 7) is 1.28. The van der Waals surface area contributed by atoms with Crippen molar-refractivity contribution in [1.82, 2.24) is 25.0 Å². The number of aliphatic hydroxyl groups is 1. The molecule has 1 saturated heterocycles. The summed E-state index contributed by atoms with van der Waals surface area (Å²) in [4.78, 5) is 14.8. The first-order chi connectivity index (χ1) is 11.8. The van der Waals surface area contributed by atoms with Gasteiger partial charge in [0, 0.05) is 43.4 Å². The van der Waals surface area contributed by atoms with Gasteiger partial charge in [-0.15, -0.1) is 0 Å². The van der Waals surface area contributed by atoms with Crippen LogP contribution in [0.15, 0.2) is 53.6 Å². The Morgan fingerprint density at radius 1 is 1.17 bits per heavy atom. The summed E-state index contributed by atoms with van der Waals surface area (Å²) in [7, 11) is 0. The van der Waals surface area contributed by atoms with Gasteiger partial charge < -0.3 is 9.63 Å². The number of β-amino-alcohol motifs (C(OH)–C–C–N with tert-alkyl or cyclic N) is 1. The van der Waals surface area contributed by atoms with Crippen molar-refractivity contribution in [2.75, 3.05) is 6.54 Å². The SMILES string of the molecule is O[C@@H]1C[C@@H](c2nc(-c3cccnc3)no2)N(Cc2ccncc2)C1. The van der Waals surface area contributed by atoms with Crippen LogP contribution in [0.3, 0.4) is 0 Å². The van der Waals surface area contributed by atoms with Crippen LogP contribution in [0.2, 0.25) is 0 Å². The van der Waals surface area contributed by atoms with E-state index in [1.165, 1.54) is 0 Å². The molecule has 1 fully saturated rings. The molecule has 0 spiro atoms. The molecular weight excluding hydrogens is 306 g/mol. The summed E-state index contributed by atoms with van der Waals surface area (Å²) in [5, 5.41) is 14.1. The number of aromatic nitrogens is 4. The molecule has 4 heterocycles. The second kappa shape index (κ2) is 6.46. The zero-order valence-corrected chi connectivity index (χ0v) is 13.0. The molecule has 0 aromatic carbocycles. The molecule has 1 N–H and O–H groups in total. The number of likely N-dealkylation sites (tertiary alicyclic amines) is 1. The van der Waals surface area contributed by atoms with Crippen molar-refractivity contribution in [3.63, 3.8) is 0 Å². The Labute approximate surface area is 139 Å². The zero-order valence-electron chi connectivity index (χ0n) is 13.0. The molecule has 1 aliphatic rings. The lowest BCUT2D eigenvalue weighted by Gasteiger charge is -2.20. The number of rotatable bonds is 4. The molecule has 0 bridgehead atoms. The van der Waals surface area contributed by atoms with Gasteiger partial charge in [-0.05, 0) is 36.2 Å². The summed E-state index contributed by atoms with van der Waals surface area (Å²) in [5.74, 6) is 1.04. The number of pyridine rings is 2. The summed E-state index contributed by atoms with van der Waals surface area (Å²) in [6, 6.07) is 7.57. The quantitative estimate of drug-likeness (QED) is 0.783. The molecule has 0 radical (unpaired) electrons.